The van der Waals surface area contributed by atoms with Crippen molar-refractivity contribution >= 4 is 23.0 Å². The molecule has 0 aromatic heterocycles. The summed E-state index contributed by atoms with van der Waals surface area (Å²) in [5.74, 6) is 0.121. The van der Waals surface area contributed by atoms with Crippen molar-refractivity contribution in [3.63, 3.8) is 0 Å². The number of non-ortho nitro benzene ring substituents is 2. The van der Waals surface area contributed by atoms with Gasteiger partial charge < -0.3 is 4.74 Å². The maximum absolute atomic E-state index is 13.3. The van der Waals surface area contributed by atoms with E-state index >= 15 is 0 Å². The Balaban J connectivity index is 1.75. The molecule has 10 heteroatoms. The van der Waals surface area contributed by atoms with Crippen LogP contribution in [0.15, 0.2) is 77.9 Å². The van der Waals surface area contributed by atoms with Gasteiger partial charge in [-0.15, -0.1) is 0 Å². The minimum absolute atomic E-state index is 0.0966. The number of nitro benzene ring substituents is 2. The van der Waals surface area contributed by atoms with Gasteiger partial charge in [-0.2, -0.15) is 5.10 Å². The van der Waals surface area contributed by atoms with Gasteiger partial charge in [0.1, 0.15) is 5.75 Å². The molecule has 0 aliphatic carbocycles. The second-order valence-corrected chi connectivity index (χ2v) is 7.30. The lowest BCUT2D eigenvalue weighted by Crippen LogP contribution is -2.27. The molecule has 1 aliphatic rings. The summed E-state index contributed by atoms with van der Waals surface area (Å²) in [4.78, 5) is 34.7. The Kier molecular flexibility index (Phi) is 5.81. The third kappa shape index (κ3) is 4.40. The van der Waals surface area contributed by atoms with Crippen molar-refractivity contribution in [3.05, 3.63) is 110 Å². The zero-order valence-corrected chi connectivity index (χ0v) is 17.5. The lowest BCUT2D eigenvalue weighted by atomic mass is 9.97. The maximum atomic E-state index is 13.3. The lowest BCUT2D eigenvalue weighted by Gasteiger charge is -2.22. The summed E-state index contributed by atoms with van der Waals surface area (Å²) < 4.78 is 5.18. The summed E-state index contributed by atoms with van der Waals surface area (Å²) in [6, 6.07) is 17.9. The zero-order chi connectivity index (χ0) is 23.5. The van der Waals surface area contributed by atoms with Crippen molar-refractivity contribution in [2.24, 2.45) is 5.10 Å². The summed E-state index contributed by atoms with van der Waals surface area (Å²) in [5.41, 5.74) is 1.68. The Labute approximate surface area is 188 Å². The van der Waals surface area contributed by atoms with Crippen molar-refractivity contribution in [2.75, 3.05) is 7.11 Å². The van der Waals surface area contributed by atoms with Crippen molar-refractivity contribution in [1.82, 2.24) is 5.01 Å². The van der Waals surface area contributed by atoms with Crippen molar-refractivity contribution in [3.8, 4) is 5.75 Å². The van der Waals surface area contributed by atoms with Crippen LogP contribution in [0.1, 0.15) is 33.9 Å². The van der Waals surface area contributed by atoms with E-state index in [0.29, 0.717) is 23.4 Å². The minimum atomic E-state index is -0.617. The summed E-state index contributed by atoms with van der Waals surface area (Å²) >= 11 is 0. The number of ether oxygens (including phenoxy) is 1. The van der Waals surface area contributed by atoms with E-state index in [-0.39, 0.29) is 16.9 Å². The third-order valence-corrected chi connectivity index (χ3v) is 5.31. The van der Waals surface area contributed by atoms with Crippen LogP contribution in [-0.4, -0.2) is 33.6 Å². The Bertz CT molecular complexity index is 1270. The molecule has 0 bridgehead atoms. The molecule has 166 valence electrons. The monoisotopic (exact) mass is 446 g/mol. The smallest absolute Gasteiger partial charge is 0.274 e. The highest BCUT2D eigenvalue weighted by molar-refractivity contribution is 6.05. The average molecular weight is 446 g/mol. The number of carbonyl (C=O) groups is 1. The van der Waals surface area contributed by atoms with Crippen LogP contribution in [0.5, 0.6) is 5.75 Å². The predicted molar refractivity (Wildman–Crippen MR) is 119 cm³/mol. The second kappa shape index (κ2) is 8.87. The summed E-state index contributed by atoms with van der Waals surface area (Å²) in [6.07, 6.45) is 0.314. The fourth-order valence-corrected chi connectivity index (χ4v) is 3.65. The fourth-order valence-electron chi connectivity index (χ4n) is 3.65. The van der Waals surface area contributed by atoms with Crippen molar-refractivity contribution in [2.45, 2.75) is 12.5 Å². The molecule has 1 atom stereocenters. The number of amides is 1. The van der Waals surface area contributed by atoms with Gasteiger partial charge in [-0.1, -0.05) is 18.2 Å². The van der Waals surface area contributed by atoms with Gasteiger partial charge in [-0.3, -0.25) is 25.0 Å². The fraction of sp³-hybridized carbons (Fsp3) is 0.130. The maximum Gasteiger partial charge on any atom is 0.274 e. The van der Waals surface area contributed by atoms with Crippen LogP contribution in [0.25, 0.3) is 0 Å². The SMILES string of the molecule is COc1ccc(C2=NN(C(=O)c3cccc([N+](=O)[O-])c3)[C@H](c3cccc([N+](=O)[O-])c3)C2)cc1. The highest BCUT2D eigenvalue weighted by Crippen LogP contribution is 2.35. The van der Waals surface area contributed by atoms with Gasteiger partial charge in [0.15, 0.2) is 0 Å². The molecular weight excluding hydrogens is 428 g/mol. The number of benzene rings is 3. The van der Waals surface area contributed by atoms with Gasteiger partial charge >= 0.3 is 0 Å². The summed E-state index contributed by atoms with van der Waals surface area (Å²) in [6.45, 7) is 0. The van der Waals surface area contributed by atoms with E-state index in [1.165, 1.54) is 41.4 Å². The first-order valence-electron chi connectivity index (χ1n) is 9.91. The number of methoxy groups -OCH3 is 1. The van der Waals surface area contributed by atoms with E-state index in [2.05, 4.69) is 5.10 Å². The van der Waals surface area contributed by atoms with E-state index in [1.54, 1.807) is 31.4 Å². The molecule has 3 aromatic carbocycles. The highest BCUT2D eigenvalue weighted by Gasteiger charge is 2.34. The number of rotatable bonds is 6. The van der Waals surface area contributed by atoms with Gasteiger partial charge in [0.2, 0.25) is 0 Å². The Morgan fingerprint density at radius 2 is 1.61 bits per heavy atom. The van der Waals surface area contributed by atoms with Crippen molar-refractivity contribution in [1.29, 1.82) is 0 Å². The molecule has 3 aromatic rings. The van der Waals surface area contributed by atoms with Crippen LogP contribution in [0.4, 0.5) is 11.4 Å². The van der Waals surface area contributed by atoms with Gasteiger partial charge in [0.05, 0.1) is 28.7 Å². The van der Waals surface area contributed by atoms with Crippen LogP contribution in [0.3, 0.4) is 0 Å². The predicted octanol–water partition coefficient (Wildman–Crippen LogP) is 4.50. The molecule has 0 fully saturated rings. The minimum Gasteiger partial charge on any atom is -0.497 e. The molecule has 33 heavy (non-hydrogen) atoms. The molecule has 0 saturated carbocycles. The van der Waals surface area contributed by atoms with E-state index in [1.807, 2.05) is 12.1 Å². The largest absolute Gasteiger partial charge is 0.497 e. The molecule has 10 nitrogen and oxygen atoms in total. The highest BCUT2D eigenvalue weighted by atomic mass is 16.6. The quantitative estimate of drug-likeness (QED) is 0.405. The lowest BCUT2D eigenvalue weighted by molar-refractivity contribution is -0.385. The second-order valence-electron chi connectivity index (χ2n) is 7.30. The first-order valence-corrected chi connectivity index (χ1v) is 9.91. The van der Waals surface area contributed by atoms with E-state index in [4.69, 9.17) is 4.74 Å². The molecule has 0 saturated heterocycles. The van der Waals surface area contributed by atoms with Gasteiger partial charge in [-0.05, 0) is 41.5 Å². The van der Waals surface area contributed by atoms with Gasteiger partial charge in [0, 0.05) is 36.2 Å². The van der Waals surface area contributed by atoms with E-state index < -0.39 is 21.8 Å². The molecule has 1 aliphatic heterocycles. The molecular formula is C23H18N4O6. The Morgan fingerprint density at radius 1 is 0.970 bits per heavy atom. The molecule has 0 unspecified atom stereocenters. The number of hydrazone groups is 1. The summed E-state index contributed by atoms with van der Waals surface area (Å²) in [5, 5.41) is 28.2. The normalized spacial score (nSPS) is 15.1. The average Bonchev–Trinajstić information content (AvgIpc) is 3.29. The zero-order valence-electron chi connectivity index (χ0n) is 17.5. The van der Waals surface area contributed by atoms with Gasteiger partial charge in [-0.25, -0.2) is 5.01 Å². The Hall–Kier alpha value is -4.60. The molecule has 1 amide bonds. The van der Waals surface area contributed by atoms with Gasteiger partial charge in [0.25, 0.3) is 17.3 Å². The molecule has 4 rings (SSSR count). The van der Waals surface area contributed by atoms with Crippen molar-refractivity contribution < 1.29 is 19.4 Å². The summed E-state index contributed by atoms with van der Waals surface area (Å²) in [7, 11) is 1.56. The number of nitrogens with zero attached hydrogens (tertiary/aromatic N) is 4. The van der Waals surface area contributed by atoms with E-state index in [0.717, 1.165) is 5.56 Å². The number of nitro groups is 2. The molecule has 0 N–H and O–H groups in total. The molecule has 0 spiro atoms. The van der Waals surface area contributed by atoms with E-state index in [9.17, 15) is 25.0 Å². The van der Waals surface area contributed by atoms with Crippen LogP contribution in [0, 0.1) is 20.2 Å². The van der Waals surface area contributed by atoms with Crippen LogP contribution < -0.4 is 4.74 Å². The number of hydrogen-bond donors (Lipinski definition) is 0. The first-order chi connectivity index (χ1) is 15.9. The third-order valence-electron chi connectivity index (χ3n) is 5.31. The first kappa shape index (κ1) is 21.6. The number of carbonyl (C=O) groups excluding carboxylic acids is 1. The topological polar surface area (TPSA) is 128 Å². The molecule has 1 heterocycles. The standard InChI is InChI=1S/C23H18N4O6/c1-33-20-10-8-15(9-11-20)21-14-22(16-4-2-6-18(12-16)26(29)30)25(24-21)23(28)17-5-3-7-19(13-17)27(31)32/h2-13,22H,14H2,1H3/t22-/m0/s1. The number of hydrogen-bond acceptors (Lipinski definition) is 7. The van der Waals surface area contributed by atoms with Crippen LogP contribution >= 0.6 is 0 Å². The van der Waals surface area contributed by atoms with Crippen LogP contribution in [0.2, 0.25) is 0 Å². The Morgan fingerprint density at radius 3 is 2.24 bits per heavy atom. The molecule has 0 radical (unpaired) electrons. The van der Waals surface area contributed by atoms with Crippen LogP contribution in [-0.2, 0) is 0 Å².